The molecule has 0 aromatic heterocycles. The van der Waals surface area contributed by atoms with E-state index in [2.05, 4.69) is 33.0 Å². The lowest BCUT2D eigenvalue weighted by Crippen LogP contribution is -3.00. The fourth-order valence-corrected chi connectivity index (χ4v) is 1.42. The van der Waals surface area contributed by atoms with Crippen molar-refractivity contribution < 1.29 is 26.3 Å². The molecular weight excluding hydrogens is 280 g/mol. The molecule has 0 saturated carbocycles. The summed E-state index contributed by atoms with van der Waals surface area (Å²) in [6.07, 6.45) is 4.77. The number of amides is 1. The van der Waals surface area contributed by atoms with Crippen LogP contribution in [0.5, 0.6) is 0 Å². The summed E-state index contributed by atoms with van der Waals surface area (Å²) in [6, 6.07) is 0. The lowest BCUT2D eigenvalue weighted by atomic mass is 10.2. The third-order valence-electron chi connectivity index (χ3n) is 2.43. The second kappa shape index (κ2) is 9.66. The Morgan fingerprint density at radius 2 is 1.65 bits per heavy atom. The van der Waals surface area contributed by atoms with Crippen LogP contribution in [0, 0.1) is 0 Å². The van der Waals surface area contributed by atoms with Crippen molar-refractivity contribution >= 4 is 5.91 Å². The van der Waals surface area contributed by atoms with Crippen molar-refractivity contribution in [2.45, 2.75) is 32.6 Å². The molecule has 0 bridgehead atoms. The van der Waals surface area contributed by atoms with Crippen molar-refractivity contribution in [1.82, 2.24) is 5.32 Å². The van der Waals surface area contributed by atoms with Gasteiger partial charge < -0.3 is 26.8 Å². The van der Waals surface area contributed by atoms with Gasteiger partial charge in [-0.1, -0.05) is 13.0 Å². The van der Waals surface area contributed by atoms with Crippen molar-refractivity contribution in [3.63, 3.8) is 0 Å². The molecule has 0 unspecified atom stereocenters. The molecule has 0 spiro atoms. The van der Waals surface area contributed by atoms with E-state index in [1.807, 2.05) is 0 Å². The molecule has 0 aliphatic heterocycles. The number of carbonyl (C=O) groups is 1. The normalized spacial score (nSPS) is 10.6. The van der Waals surface area contributed by atoms with Gasteiger partial charge in [0.15, 0.2) is 0 Å². The number of nitrogens with zero attached hydrogens (tertiary/aromatic N) is 1. The molecule has 17 heavy (non-hydrogen) atoms. The van der Waals surface area contributed by atoms with E-state index in [1.165, 1.54) is 25.8 Å². The molecule has 0 aliphatic rings. The van der Waals surface area contributed by atoms with Crippen molar-refractivity contribution in [3.05, 3.63) is 12.2 Å². The Morgan fingerprint density at radius 1 is 1.12 bits per heavy atom. The van der Waals surface area contributed by atoms with Crippen LogP contribution >= 0.6 is 0 Å². The molecule has 1 amide bonds. The van der Waals surface area contributed by atoms with Gasteiger partial charge in [-0.05, 0) is 26.2 Å². The molecule has 0 aromatic carbocycles. The number of halogens is 1. The predicted molar refractivity (Wildman–Crippen MR) is 69.2 cm³/mol. The van der Waals surface area contributed by atoms with Crippen LogP contribution < -0.4 is 22.3 Å². The smallest absolute Gasteiger partial charge is 0.246 e. The van der Waals surface area contributed by atoms with Crippen molar-refractivity contribution in [1.29, 1.82) is 0 Å². The first-order valence-electron chi connectivity index (χ1n) is 6.07. The van der Waals surface area contributed by atoms with Gasteiger partial charge in [0.1, 0.15) is 0 Å². The summed E-state index contributed by atoms with van der Waals surface area (Å²) in [5, 5.41) is 2.85. The summed E-state index contributed by atoms with van der Waals surface area (Å²) in [5.41, 5.74) is 0.588. The highest BCUT2D eigenvalue weighted by Crippen LogP contribution is 2.02. The van der Waals surface area contributed by atoms with E-state index in [4.69, 9.17) is 0 Å². The molecule has 0 rings (SSSR count). The molecule has 0 aromatic rings. The van der Waals surface area contributed by atoms with Gasteiger partial charge in [-0.2, -0.15) is 0 Å². The number of quaternary nitrogens is 1. The van der Waals surface area contributed by atoms with Gasteiger partial charge >= 0.3 is 0 Å². The summed E-state index contributed by atoms with van der Waals surface area (Å²) in [4.78, 5) is 11.2. The minimum absolute atomic E-state index is 0. The second-order valence-electron chi connectivity index (χ2n) is 5.46. The number of hydrogen-bond acceptors (Lipinski definition) is 1. The summed E-state index contributed by atoms with van der Waals surface area (Å²) in [5.74, 6) is -0.0219. The highest BCUT2D eigenvalue weighted by atomic mass is 79.9. The van der Waals surface area contributed by atoms with E-state index in [0.717, 1.165) is 17.4 Å². The standard InChI is InChI=1S/C13H26N2O.BrH/c1-12(2)13(16)14-10-8-6-7-9-11-15(3,4)5;/h1,6-11H2,2-5H3;1H. The Balaban J connectivity index is 0. The van der Waals surface area contributed by atoms with E-state index in [1.54, 1.807) is 6.92 Å². The van der Waals surface area contributed by atoms with E-state index < -0.39 is 0 Å². The minimum atomic E-state index is -0.0219. The van der Waals surface area contributed by atoms with Gasteiger partial charge in [-0.15, -0.1) is 0 Å². The molecule has 0 saturated heterocycles. The molecule has 0 fully saturated rings. The minimum Gasteiger partial charge on any atom is -1.00 e. The van der Waals surface area contributed by atoms with Gasteiger partial charge in [0, 0.05) is 12.1 Å². The monoisotopic (exact) mass is 306 g/mol. The number of nitrogens with one attached hydrogen (secondary N) is 1. The SMILES string of the molecule is C=C(C)C(=O)NCCCCCC[N+](C)(C)C.[Br-]. The van der Waals surface area contributed by atoms with Crippen LogP contribution in [-0.4, -0.2) is 44.6 Å². The number of rotatable bonds is 8. The Morgan fingerprint density at radius 3 is 2.12 bits per heavy atom. The Bertz CT molecular complexity index is 234. The van der Waals surface area contributed by atoms with Crippen LogP contribution in [-0.2, 0) is 4.79 Å². The Labute approximate surface area is 117 Å². The molecule has 0 heterocycles. The summed E-state index contributed by atoms with van der Waals surface area (Å²) < 4.78 is 1.03. The molecule has 3 nitrogen and oxygen atoms in total. The molecule has 0 aliphatic carbocycles. The highest BCUT2D eigenvalue weighted by Gasteiger charge is 2.05. The van der Waals surface area contributed by atoms with Crippen LogP contribution in [0.1, 0.15) is 32.6 Å². The van der Waals surface area contributed by atoms with Crippen molar-refractivity contribution in [2.75, 3.05) is 34.2 Å². The lowest BCUT2D eigenvalue weighted by Gasteiger charge is -2.23. The molecule has 1 N–H and O–H groups in total. The summed E-state index contributed by atoms with van der Waals surface area (Å²) in [7, 11) is 6.65. The van der Waals surface area contributed by atoms with Crippen molar-refractivity contribution in [2.24, 2.45) is 0 Å². The van der Waals surface area contributed by atoms with E-state index in [9.17, 15) is 4.79 Å². The number of hydrogen-bond donors (Lipinski definition) is 1. The van der Waals surface area contributed by atoms with E-state index >= 15 is 0 Å². The lowest BCUT2D eigenvalue weighted by molar-refractivity contribution is -0.870. The van der Waals surface area contributed by atoms with E-state index in [-0.39, 0.29) is 22.9 Å². The zero-order valence-electron chi connectivity index (χ0n) is 11.7. The van der Waals surface area contributed by atoms with Crippen LogP contribution in [0.3, 0.4) is 0 Å². The van der Waals surface area contributed by atoms with Crippen molar-refractivity contribution in [3.8, 4) is 0 Å². The molecular formula is C13H27BrN2O. The maximum absolute atomic E-state index is 11.2. The van der Waals surface area contributed by atoms with E-state index in [0.29, 0.717) is 5.57 Å². The third kappa shape index (κ3) is 13.6. The fraction of sp³-hybridized carbons (Fsp3) is 0.769. The first-order chi connectivity index (χ1) is 7.33. The Kier molecular flexibility index (Phi) is 10.8. The van der Waals surface area contributed by atoms with Crippen LogP contribution in [0.15, 0.2) is 12.2 Å². The Hall–Kier alpha value is -0.350. The van der Waals surface area contributed by atoms with Gasteiger partial charge in [0.05, 0.1) is 27.7 Å². The van der Waals surface area contributed by atoms with Gasteiger partial charge in [0.2, 0.25) is 5.91 Å². The second-order valence-corrected chi connectivity index (χ2v) is 5.46. The van der Waals surface area contributed by atoms with Crippen LogP contribution in [0.2, 0.25) is 0 Å². The predicted octanol–water partition coefficient (Wildman–Crippen LogP) is -1.05. The zero-order chi connectivity index (χ0) is 12.6. The molecule has 4 heteroatoms. The summed E-state index contributed by atoms with van der Waals surface area (Å²) >= 11 is 0. The maximum Gasteiger partial charge on any atom is 0.246 e. The third-order valence-corrected chi connectivity index (χ3v) is 2.43. The van der Waals surface area contributed by atoms with Crippen LogP contribution in [0.25, 0.3) is 0 Å². The molecule has 0 radical (unpaired) electrons. The van der Waals surface area contributed by atoms with Gasteiger partial charge in [0.25, 0.3) is 0 Å². The largest absolute Gasteiger partial charge is 1.00 e. The zero-order valence-corrected chi connectivity index (χ0v) is 13.3. The average molecular weight is 307 g/mol. The summed E-state index contributed by atoms with van der Waals surface area (Å²) in [6.45, 7) is 7.32. The number of carbonyl (C=O) groups excluding carboxylic acids is 1. The average Bonchev–Trinajstić information content (AvgIpc) is 2.14. The first-order valence-corrected chi connectivity index (χ1v) is 6.07. The first kappa shape index (κ1) is 19.0. The van der Waals surface area contributed by atoms with Gasteiger partial charge in [-0.3, -0.25) is 4.79 Å². The highest BCUT2D eigenvalue weighted by molar-refractivity contribution is 5.91. The molecule has 0 atom stereocenters. The fourth-order valence-electron chi connectivity index (χ4n) is 1.42. The van der Waals surface area contributed by atoms with Crippen LogP contribution in [0.4, 0.5) is 0 Å². The number of unbranched alkanes of at least 4 members (excludes halogenated alkanes) is 3. The maximum atomic E-state index is 11.2. The quantitative estimate of drug-likeness (QED) is 0.346. The molecule has 102 valence electrons. The topological polar surface area (TPSA) is 29.1 Å². The van der Waals surface area contributed by atoms with Gasteiger partial charge in [-0.25, -0.2) is 0 Å².